The maximum atomic E-state index is 13.2. The van der Waals surface area contributed by atoms with Crippen LogP contribution < -0.4 is 10.0 Å². The van der Waals surface area contributed by atoms with E-state index in [1.807, 2.05) is 6.07 Å². The van der Waals surface area contributed by atoms with E-state index >= 15 is 0 Å². The van der Waals surface area contributed by atoms with Crippen molar-refractivity contribution in [2.45, 2.75) is 24.3 Å². The molecule has 1 unspecified atom stereocenters. The molecule has 0 fully saturated rings. The standard InChI is InChI=1S/C20H19FN4O3S/c1-13(25-29(27,28)17-4-2-3-14(9-17)11-22)20(26)23-8-7-15-12-24-19-10-16(21)5-6-18(15)19/h2-6,9-10,12-13,24-25H,7-8H2,1H3,(H,23,26). The summed E-state index contributed by atoms with van der Waals surface area (Å²) in [6.45, 7) is 1.73. The van der Waals surface area contributed by atoms with E-state index in [9.17, 15) is 17.6 Å². The van der Waals surface area contributed by atoms with Crippen molar-refractivity contribution in [3.8, 4) is 6.07 Å². The molecule has 0 saturated carbocycles. The Hall–Kier alpha value is -3.22. The molecule has 0 radical (unpaired) electrons. The van der Waals surface area contributed by atoms with Gasteiger partial charge in [-0.2, -0.15) is 9.98 Å². The summed E-state index contributed by atoms with van der Waals surface area (Å²) in [5, 5.41) is 12.5. The quantitative estimate of drug-likeness (QED) is 0.550. The zero-order valence-corrected chi connectivity index (χ0v) is 16.4. The fourth-order valence-corrected chi connectivity index (χ4v) is 4.17. The van der Waals surface area contributed by atoms with Crippen LogP contribution in [0.3, 0.4) is 0 Å². The zero-order valence-electron chi connectivity index (χ0n) is 15.6. The molecule has 0 spiro atoms. The van der Waals surface area contributed by atoms with E-state index in [0.717, 1.165) is 10.9 Å². The number of nitrogens with zero attached hydrogens (tertiary/aromatic N) is 1. The molecule has 7 nitrogen and oxygen atoms in total. The number of aromatic amines is 1. The Morgan fingerprint density at radius 2 is 2.07 bits per heavy atom. The topological polar surface area (TPSA) is 115 Å². The van der Waals surface area contributed by atoms with Gasteiger partial charge in [-0.25, -0.2) is 12.8 Å². The van der Waals surface area contributed by atoms with Gasteiger partial charge in [0.2, 0.25) is 15.9 Å². The predicted octanol–water partition coefficient (Wildman–Crippen LogP) is 2.20. The number of rotatable bonds is 7. The molecule has 0 saturated heterocycles. The Kier molecular flexibility index (Phi) is 5.96. The summed E-state index contributed by atoms with van der Waals surface area (Å²) in [5.74, 6) is -0.809. The highest BCUT2D eigenvalue weighted by Crippen LogP contribution is 2.19. The van der Waals surface area contributed by atoms with E-state index in [1.54, 1.807) is 12.3 Å². The molecule has 3 N–H and O–H groups in total. The summed E-state index contributed by atoms with van der Waals surface area (Å²) in [5.41, 5.74) is 1.80. The van der Waals surface area contributed by atoms with Gasteiger partial charge in [-0.3, -0.25) is 4.79 Å². The van der Waals surface area contributed by atoms with Crippen LogP contribution in [-0.4, -0.2) is 31.9 Å². The van der Waals surface area contributed by atoms with Crippen molar-refractivity contribution in [2.75, 3.05) is 6.54 Å². The number of fused-ring (bicyclic) bond motifs is 1. The second-order valence-electron chi connectivity index (χ2n) is 6.53. The van der Waals surface area contributed by atoms with E-state index in [2.05, 4.69) is 15.0 Å². The fourth-order valence-electron chi connectivity index (χ4n) is 2.93. The second-order valence-corrected chi connectivity index (χ2v) is 8.24. The van der Waals surface area contributed by atoms with E-state index in [-0.39, 0.29) is 16.3 Å². The van der Waals surface area contributed by atoms with E-state index in [1.165, 1.54) is 43.3 Å². The molecule has 29 heavy (non-hydrogen) atoms. The Morgan fingerprint density at radius 1 is 1.28 bits per heavy atom. The zero-order chi connectivity index (χ0) is 21.0. The molecule has 1 heterocycles. The van der Waals surface area contributed by atoms with Gasteiger partial charge in [-0.05, 0) is 55.3 Å². The number of benzene rings is 2. The number of halogens is 1. The number of aromatic nitrogens is 1. The third-order valence-electron chi connectivity index (χ3n) is 4.42. The molecule has 3 aromatic rings. The highest BCUT2D eigenvalue weighted by Gasteiger charge is 2.22. The van der Waals surface area contributed by atoms with Crippen LogP contribution in [0.5, 0.6) is 0 Å². The van der Waals surface area contributed by atoms with Crippen molar-refractivity contribution in [3.05, 3.63) is 65.6 Å². The molecule has 3 rings (SSSR count). The van der Waals surface area contributed by atoms with E-state index < -0.39 is 22.0 Å². The smallest absolute Gasteiger partial charge is 0.241 e. The highest BCUT2D eigenvalue weighted by atomic mass is 32.2. The molecule has 1 aromatic heterocycles. The van der Waals surface area contributed by atoms with Crippen LogP contribution in [-0.2, 0) is 21.2 Å². The molecule has 150 valence electrons. The number of nitriles is 1. The van der Waals surface area contributed by atoms with Gasteiger partial charge in [0.05, 0.1) is 22.6 Å². The Bertz CT molecular complexity index is 1200. The Labute approximate surface area is 167 Å². The summed E-state index contributed by atoms with van der Waals surface area (Å²) in [6, 6.07) is 10.9. The summed E-state index contributed by atoms with van der Waals surface area (Å²) >= 11 is 0. The number of amides is 1. The van der Waals surface area contributed by atoms with Crippen molar-refractivity contribution in [2.24, 2.45) is 0 Å². The van der Waals surface area contributed by atoms with Crippen molar-refractivity contribution in [3.63, 3.8) is 0 Å². The first kappa shape index (κ1) is 20.5. The maximum absolute atomic E-state index is 13.2. The van der Waals surface area contributed by atoms with E-state index in [0.29, 0.717) is 18.5 Å². The number of hydrogen-bond acceptors (Lipinski definition) is 4. The first-order chi connectivity index (χ1) is 13.8. The predicted molar refractivity (Wildman–Crippen MR) is 106 cm³/mol. The van der Waals surface area contributed by atoms with Crippen LogP contribution in [0, 0.1) is 17.1 Å². The number of carbonyl (C=O) groups is 1. The second kappa shape index (κ2) is 8.43. The molecule has 9 heteroatoms. The van der Waals surface area contributed by atoms with Gasteiger partial charge >= 0.3 is 0 Å². The number of H-pyrrole nitrogens is 1. The van der Waals surface area contributed by atoms with Crippen molar-refractivity contribution < 1.29 is 17.6 Å². The first-order valence-corrected chi connectivity index (χ1v) is 10.3. The van der Waals surface area contributed by atoms with Crippen molar-refractivity contribution >= 4 is 26.8 Å². The molecular formula is C20H19FN4O3S. The van der Waals surface area contributed by atoms with Gasteiger partial charge in [0, 0.05) is 23.6 Å². The lowest BCUT2D eigenvalue weighted by molar-refractivity contribution is -0.122. The van der Waals surface area contributed by atoms with Gasteiger partial charge in [0.25, 0.3) is 0 Å². The normalized spacial score (nSPS) is 12.4. The summed E-state index contributed by atoms with van der Waals surface area (Å²) < 4.78 is 40.4. The molecule has 0 aliphatic rings. The Balaban J connectivity index is 1.58. The lowest BCUT2D eigenvalue weighted by Gasteiger charge is -2.14. The molecule has 2 aromatic carbocycles. The minimum atomic E-state index is -3.94. The number of carbonyl (C=O) groups excluding carboxylic acids is 1. The minimum Gasteiger partial charge on any atom is -0.361 e. The molecule has 0 aliphatic heterocycles. The lowest BCUT2D eigenvalue weighted by atomic mass is 10.1. The van der Waals surface area contributed by atoms with Crippen LogP contribution in [0.4, 0.5) is 4.39 Å². The van der Waals surface area contributed by atoms with Crippen molar-refractivity contribution in [1.82, 2.24) is 15.0 Å². The van der Waals surface area contributed by atoms with Crippen LogP contribution in [0.2, 0.25) is 0 Å². The third-order valence-corrected chi connectivity index (χ3v) is 5.96. The largest absolute Gasteiger partial charge is 0.361 e. The fraction of sp³-hybridized carbons (Fsp3) is 0.200. The summed E-state index contributed by atoms with van der Waals surface area (Å²) in [6.07, 6.45) is 2.26. The highest BCUT2D eigenvalue weighted by molar-refractivity contribution is 7.89. The number of sulfonamides is 1. The summed E-state index contributed by atoms with van der Waals surface area (Å²) in [4.78, 5) is 15.2. The maximum Gasteiger partial charge on any atom is 0.241 e. The van der Waals surface area contributed by atoms with Gasteiger partial charge in [0.1, 0.15) is 5.82 Å². The van der Waals surface area contributed by atoms with E-state index in [4.69, 9.17) is 5.26 Å². The minimum absolute atomic E-state index is 0.0813. The number of hydrogen-bond donors (Lipinski definition) is 3. The monoisotopic (exact) mass is 414 g/mol. The molecular weight excluding hydrogens is 395 g/mol. The van der Waals surface area contributed by atoms with Crippen LogP contribution in [0.25, 0.3) is 10.9 Å². The first-order valence-electron chi connectivity index (χ1n) is 8.86. The van der Waals surface area contributed by atoms with Crippen molar-refractivity contribution in [1.29, 1.82) is 5.26 Å². The average Bonchev–Trinajstić information content (AvgIpc) is 3.09. The van der Waals surface area contributed by atoms with Crippen LogP contribution >= 0.6 is 0 Å². The van der Waals surface area contributed by atoms with Crippen LogP contribution in [0.1, 0.15) is 18.1 Å². The van der Waals surface area contributed by atoms with Crippen LogP contribution in [0.15, 0.2) is 53.6 Å². The summed E-state index contributed by atoms with van der Waals surface area (Å²) in [7, 11) is -3.94. The molecule has 0 aliphatic carbocycles. The third kappa shape index (κ3) is 4.80. The number of nitrogens with one attached hydrogen (secondary N) is 3. The average molecular weight is 414 g/mol. The van der Waals surface area contributed by atoms with Gasteiger partial charge in [0.15, 0.2) is 0 Å². The molecule has 1 amide bonds. The van der Waals surface area contributed by atoms with Gasteiger partial charge < -0.3 is 10.3 Å². The Morgan fingerprint density at radius 3 is 2.83 bits per heavy atom. The lowest BCUT2D eigenvalue weighted by Crippen LogP contribution is -2.45. The SMILES string of the molecule is CC(NS(=O)(=O)c1cccc(C#N)c1)C(=O)NCCc1c[nH]c2cc(F)ccc12. The molecule has 1 atom stereocenters. The molecule has 0 bridgehead atoms. The van der Waals surface area contributed by atoms with Gasteiger partial charge in [-0.15, -0.1) is 0 Å². The van der Waals surface area contributed by atoms with Gasteiger partial charge in [-0.1, -0.05) is 6.07 Å².